The second kappa shape index (κ2) is 8.77. The maximum Gasteiger partial charge on any atom is 0.153 e. The van der Waals surface area contributed by atoms with Gasteiger partial charge in [0, 0.05) is 51.9 Å². The van der Waals surface area contributed by atoms with Crippen molar-refractivity contribution in [2.24, 2.45) is 0 Å². The van der Waals surface area contributed by atoms with E-state index in [1.165, 1.54) is 12.4 Å². The Labute approximate surface area is 169 Å². The molecule has 29 heavy (non-hydrogen) atoms. The highest BCUT2D eigenvalue weighted by molar-refractivity contribution is 5.85. The summed E-state index contributed by atoms with van der Waals surface area (Å²) in [6, 6.07) is 8.76. The number of rotatable bonds is 6. The Hall–Kier alpha value is -2.68. The minimum Gasteiger partial charge on any atom is -0.383 e. The Morgan fingerprint density at radius 3 is 2.66 bits per heavy atom. The van der Waals surface area contributed by atoms with Gasteiger partial charge in [-0.1, -0.05) is 0 Å². The Balaban J connectivity index is 1.51. The second-order valence-corrected chi connectivity index (χ2v) is 7.28. The van der Waals surface area contributed by atoms with Gasteiger partial charge in [-0.15, -0.1) is 0 Å². The molecule has 1 fully saturated rings. The molecule has 1 saturated heterocycles. The predicted octanol–water partition coefficient (Wildman–Crippen LogP) is 2.18. The summed E-state index contributed by atoms with van der Waals surface area (Å²) in [4.78, 5) is 17.5. The van der Waals surface area contributed by atoms with E-state index in [0.29, 0.717) is 29.1 Å². The van der Waals surface area contributed by atoms with Crippen molar-refractivity contribution in [3.8, 4) is 11.3 Å². The Kier molecular flexibility index (Phi) is 5.94. The van der Waals surface area contributed by atoms with Gasteiger partial charge in [-0.2, -0.15) is 0 Å². The molecule has 0 amide bonds. The summed E-state index contributed by atoms with van der Waals surface area (Å²) >= 11 is 0. The van der Waals surface area contributed by atoms with Crippen molar-refractivity contribution in [3.05, 3.63) is 48.0 Å². The monoisotopic (exact) mass is 396 g/mol. The number of nitrogens with zero attached hydrogens (tertiary/aromatic N) is 5. The molecule has 0 aliphatic carbocycles. The maximum atomic E-state index is 14.3. The molecular formula is C21H25FN6O. The van der Waals surface area contributed by atoms with Crippen molar-refractivity contribution in [2.45, 2.75) is 6.54 Å². The summed E-state index contributed by atoms with van der Waals surface area (Å²) < 4.78 is 19.5. The van der Waals surface area contributed by atoms with Crippen molar-refractivity contribution in [1.29, 1.82) is 0 Å². The van der Waals surface area contributed by atoms with Crippen LogP contribution in [0.4, 0.5) is 10.2 Å². The average molecular weight is 396 g/mol. The number of benzene rings is 1. The fourth-order valence-electron chi connectivity index (χ4n) is 3.66. The third-order valence-corrected chi connectivity index (χ3v) is 5.25. The third kappa shape index (κ3) is 4.67. The highest BCUT2D eigenvalue weighted by Crippen LogP contribution is 2.24. The zero-order chi connectivity index (χ0) is 20.2. The zero-order valence-electron chi connectivity index (χ0n) is 16.5. The number of anilines is 1. The fourth-order valence-corrected chi connectivity index (χ4v) is 3.66. The highest BCUT2D eigenvalue weighted by atomic mass is 19.1. The van der Waals surface area contributed by atoms with E-state index < -0.39 is 0 Å². The summed E-state index contributed by atoms with van der Waals surface area (Å²) in [5, 5.41) is 0. The predicted molar refractivity (Wildman–Crippen MR) is 111 cm³/mol. The van der Waals surface area contributed by atoms with Crippen LogP contribution in [0.25, 0.3) is 22.3 Å². The van der Waals surface area contributed by atoms with Crippen LogP contribution in [-0.4, -0.2) is 71.2 Å². The van der Waals surface area contributed by atoms with Gasteiger partial charge in [-0.05, 0) is 35.9 Å². The standard InChI is InChI=1S/C21H25FN6O/c1-29-9-8-27-4-6-28(7-5-27)13-15-10-16(12-17(22)11-15)18-2-3-19-20(26-18)21(23)25-14-24-19/h2-3,10-12,14H,4-9,13H2,1H3,(H2,23,24,25). The van der Waals surface area contributed by atoms with E-state index in [1.807, 2.05) is 18.2 Å². The smallest absolute Gasteiger partial charge is 0.153 e. The number of hydrogen-bond donors (Lipinski definition) is 1. The number of piperazine rings is 1. The number of methoxy groups -OCH3 is 1. The van der Waals surface area contributed by atoms with E-state index in [4.69, 9.17) is 10.5 Å². The molecule has 7 nitrogen and oxygen atoms in total. The van der Waals surface area contributed by atoms with Gasteiger partial charge in [0.2, 0.25) is 0 Å². The number of fused-ring (bicyclic) bond motifs is 1. The van der Waals surface area contributed by atoms with Crippen LogP contribution >= 0.6 is 0 Å². The molecule has 0 bridgehead atoms. The van der Waals surface area contributed by atoms with Crippen molar-refractivity contribution in [2.75, 3.05) is 52.2 Å². The SMILES string of the molecule is COCCN1CCN(Cc2cc(F)cc(-c3ccc4ncnc(N)c4n3)c2)CC1. The number of nitrogens with two attached hydrogens (primary N) is 1. The van der Waals surface area contributed by atoms with Crippen LogP contribution in [0.5, 0.6) is 0 Å². The van der Waals surface area contributed by atoms with Gasteiger partial charge in [0.15, 0.2) is 5.82 Å². The van der Waals surface area contributed by atoms with Crippen molar-refractivity contribution < 1.29 is 9.13 Å². The van der Waals surface area contributed by atoms with E-state index in [0.717, 1.165) is 50.5 Å². The molecule has 8 heteroatoms. The highest BCUT2D eigenvalue weighted by Gasteiger charge is 2.17. The summed E-state index contributed by atoms with van der Waals surface area (Å²) in [7, 11) is 1.73. The van der Waals surface area contributed by atoms with Crippen LogP contribution in [0, 0.1) is 5.82 Å². The first-order chi connectivity index (χ1) is 14.1. The molecule has 2 aromatic heterocycles. The molecule has 3 aromatic rings. The number of hydrogen-bond acceptors (Lipinski definition) is 7. The lowest BCUT2D eigenvalue weighted by Gasteiger charge is -2.34. The quantitative estimate of drug-likeness (QED) is 0.684. The van der Waals surface area contributed by atoms with Gasteiger partial charge in [0.1, 0.15) is 17.7 Å². The number of aromatic nitrogens is 3. The zero-order valence-corrected chi connectivity index (χ0v) is 16.5. The molecule has 0 unspecified atom stereocenters. The van der Waals surface area contributed by atoms with E-state index in [9.17, 15) is 4.39 Å². The van der Waals surface area contributed by atoms with Crippen molar-refractivity contribution >= 4 is 16.9 Å². The van der Waals surface area contributed by atoms with Crippen molar-refractivity contribution in [3.63, 3.8) is 0 Å². The van der Waals surface area contributed by atoms with E-state index in [1.54, 1.807) is 13.2 Å². The first kappa shape index (κ1) is 19.6. The topological polar surface area (TPSA) is 80.4 Å². The molecule has 2 N–H and O–H groups in total. The van der Waals surface area contributed by atoms with E-state index in [-0.39, 0.29) is 5.82 Å². The first-order valence-electron chi connectivity index (χ1n) is 9.73. The van der Waals surface area contributed by atoms with Crippen LogP contribution in [0.1, 0.15) is 5.56 Å². The maximum absolute atomic E-state index is 14.3. The summed E-state index contributed by atoms with van der Waals surface area (Å²) in [6.45, 7) is 6.32. The summed E-state index contributed by atoms with van der Waals surface area (Å²) in [5.41, 5.74) is 9.44. The number of halogens is 1. The minimum absolute atomic E-state index is 0.268. The van der Waals surface area contributed by atoms with Crippen LogP contribution in [0.2, 0.25) is 0 Å². The number of ether oxygens (including phenoxy) is 1. The fraction of sp³-hybridized carbons (Fsp3) is 0.381. The van der Waals surface area contributed by atoms with Crippen LogP contribution in [-0.2, 0) is 11.3 Å². The van der Waals surface area contributed by atoms with E-state index >= 15 is 0 Å². The van der Waals surface area contributed by atoms with Gasteiger partial charge in [-0.3, -0.25) is 9.80 Å². The van der Waals surface area contributed by atoms with Crippen LogP contribution in [0.3, 0.4) is 0 Å². The number of pyridine rings is 1. The molecule has 4 rings (SSSR count). The Bertz CT molecular complexity index is 990. The van der Waals surface area contributed by atoms with Gasteiger partial charge in [-0.25, -0.2) is 19.3 Å². The first-order valence-corrected chi connectivity index (χ1v) is 9.73. The molecule has 0 spiro atoms. The summed E-state index contributed by atoms with van der Waals surface area (Å²) in [6.07, 6.45) is 1.41. The molecule has 152 valence electrons. The molecule has 1 aromatic carbocycles. The minimum atomic E-state index is -0.268. The van der Waals surface area contributed by atoms with Crippen LogP contribution in [0.15, 0.2) is 36.7 Å². The van der Waals surface area contributed by atoms with Crippen molar-refractivity contribution in [1.82, 2.24) is 24.8 Å². The molecule has 1 aliphatic heterocycles. The lowest BCUT2D eigenvalue weighted by molar-refractivity contribution is 0.0938. The normalized spacial score (nSPS) is 15.8. The van der Waals surface area contributed by atoms with Gasteiger partial charge in [0.05, 0.1) is 17.8 Å². The molecule has 0 radical (unpaired) electrons. The van der Waals surface area contributed by atoms with Gasteiger partial charge < -0.3 is 10.5 Å². The van der Waals surface area contributed by atoms with Gasteiger partial charge in [0.25, 0.3) is 0 Å². The Morgan fingerprint density at radius 1 is 1.07 bits per heavy atom. The van der Waals surface area contributed by atoms with Crippen LogP contribution < -0.4 is 5.73 Å². The second-order valence-electron chi connectivity index (χ2n) is 7.28. The summed E-state index contributed by atoms with van der Waals surface area (Å²) in [5.74, 6) is 0.0511. The lowest BCUT2D eigenvalue weighted by atomic mass is 10.1. The largest absolute Gasteiger partial charge is 0.383 e. The molecule has 3 heterocycles. The molecule has 0 saturated carbocycles. The lowest BCUT2D eigenvalue weighted by Crippen LogP contribution is -2.46. The third-order valence-electron chi connectivity index (χ3n) is 5.25. The molecule has 0 atom stereocenters. The average Bonchev–Trinajstić information content (AvgIpc) is 2.73. The molecule has 1 aliphatic rings. The Morgan fingerprint density at radius 2 is 1.86 bits per heavy atom. The van der Waals surface area contributed by atoms with Gasteiger partial charge >= 0.3 is 0 Å². The molecular weight excluding hydrogens is 371 g/mol. The number of nitrogen functional groups attached to an aromatic ring is 1. The van der Waals surface area contributed by atoms with E-state index in [2.05, 4.69) is 24.8 Å².